The van der Waals surface area contributed by atoms with E-state index in [0.717, 1.165) is 28.4 Å². The highest BCUT2D eigenvalue weighted by molar-refractivity contribution is 8.01. The number of nitrogens with zero attached hydrogens (tertiary/aromatic N) is 1. The lowest BCUT2D eigenvalue weighted by atomic mass is 9.99. The second kappa shape index (κ2) is 8.30. The summed E-state index contributed by atoms with van der Waals surface area (Å²) in [5, 5.41) is 12.5. The van der Waals surface area contributed by atoms with Gasteiger partial charge in [0.25, 0.3) is 0 Å². The number of carboxylic acid groups (broad SMARTS) is 1. The van der Waals surface area contributed by atoms with Crippen molar-refractivity contribution in [1.82, 2.24) is 4.90 Å². The maximum atomic E-state index is 12.7. The Hall–Kier alpha value is -1.74. The number of fused-ring (bicyclic) bond motifs is 1. The molecule has 0 bridgehead atoms. The molecule has 3 rings (SSSR count). The molecule has 2 N–H and O–H groups in total. The monoisotopic (exact) mass is 398 g/mol. The molecule has 1 saturated heterocycles. The third-order valence-electron chi connectivity index (χ3n) is 4.53. The molecule has 9 heteroatoms. The lowest BCUT2D eigenvalue weighted by Crippen LogP contribution is -2.44. The molecule has 26 heavy (non-hydrogen) atoms. The largest absolute Gasteiger partial charge is 0.481 e. The molecule has 2 aliphatic rings. The predicted molar refractivity (Wildman–Crippen MR) is 100 cm³/mol. The number of carbonyl (C=O) groups excluding carboxylic acids is 2. The van der Waals surface area contributed by atoms with Crippen LogP contribution in [0.4, 0.5) is 9.80 Å². The number of thiophene rings is 1. The molecule has 1 atom stereocenters. The van der Waals surface area contributed by atoms with Crippen LogP contribution in [0.15, 0.2) is 4.21 Å². The highest BCUT2D eigenvalue weighted by atomic mass is 32.2. The van der Waals surface area contributed by atoms with E-state index in [4.69, 9.17) is 4.74 Å². The maximum Gasteiger partial charge on any atom is 0.341 e. The molecule has 2 amide bonds. The first-order valence-corrected chi connectivity index (χ1v) is 10.6. The van der Waals surface area contributed by atoms with Crippen LogP contribution in [0.3, 0.4) is 0 Å². The number of nitrogens with one attached hydrogen (secondary N) is 1. The van der Waals surface area contributed by atoms with Gasteiger partial charge in [-0.25, -0.2) is 9.59 Å². The fraction of sp³-hybridized carbons (Fsp3) is 0.588. The fourth-order valence-electron chi connectivity index (χ4n) is 3.25. The van der Waals surface area contributed by atoms with Gasteiger partial charge in [-0.3, -0.25) is 10.1 Å². The van der Waals surface area contributed by atoms with E-state index in [1.54, 1.807) is 18.7 Å². The zero-order valence-corrected chi connectivity index (χ0v) is 16.2. The summed E-state index contributed by atoms with van der Waals surface area (Å²) in [6, 6.07) is -0.356. The average Bonchev–Trinajstić information content (AvgIpc) is 2.99. The van der Waals surface area contributed by atoms with Crippen LogP contribution in [0.5, 0.6) is 0 Å². The van der Waals surface area contributed by atoms with Gasteiger partial charge in [-0.1, -0.05) is 0 Å². The third-order valence-corrected chi connectivity index (χ3v) is 7.08. The second-order valence-corrected chi connectivity index (χ2v) is 8.68. The summed E-state index contributed by atoms with van der Waals surface area (Å²) in [5.74, 6) is -0.830. The van der Waals surface area contributed by atoms with Gasteiger partial charge >= 0.3 is 18.0 Å². The lowest BCUT2D eigenvalue weighted by Gasteiger charge is -2.30. The van der Waals surface area contributed by atoms with E-state index in [0.29, 0.717) is 30.0 Å². The molecule has 3 heterocycles. The number of amides is 2. The first-order chi connectivity index (χ1) is 12.5. The lowest BCUT2D eigenvalue weighted by molar-refractivity contribution is -0.143. The first kappa shape index (κ1) is 19.0. The minimum Gasteiger partial charge on any atom is -0.481 e. The van der Waals surface area contributed by atoms with Gasteiger partial charge in [0, 0.05) is 13.1 Å². The van der Waals surface area contributed by atoms with E-state index in [9.17, 15) is 19.5 Å². The zero-order chi connectivity index (χ0) is 18.7. The molecule has 1 fully saturated rings. The van der Waals surface area contributed by atoms with Gasteiger partial charge in [0.2, 0.25) is 0 Å². The molecule has 0 aliphatic carbocycles. The third kappa shape index (κ3) is 3.98. The summed E-state index contributed by atoms with van der Waals surface area (Å²) in [5.41, 5.74) is 1.42. The summed E-state index contributed by atoms with van der Waals surface area (Å²) < 4.78 is 6.24. The summed E-state index contributed by atoms with van der Waals surface area (Å²) in [7, 11) is 0. The number of carbonyl (C=O) groups is 3. The fourth-order valence-corrected chi connectivity index (χ4v) is 5.80. The molecular weight excluding hydrogens is 376 g/mol. The SMILES string of the molecule is CCOC(=O)c1c(NC(=O)N2CCCC(C(=O)O)C2)sc2c1CCCS2. The van der Waals surface area contributed by atoms with Gasteiger partial charge in [0.1, 0.15) is 5.00 Å². The average molecular weight is 399 g/mol. The number of esters is 1. The van der Waals surface area contributed by atoms with Crippen molar-refractivity contribution in [3.05, 3.63) is 11.1 Å². The molecule has 0 aromatic carbocycles. The number of rotatable bonds is 4. The Morgan fingerprint density at radius 1 is 1.35 bits per heavy atom. The molecule has 7 nitrogen and oxygen atoms in total. The molecule has 1 aromatic heterocycles. The molecule has 142 valence electrons. The molecule has 2 aliphatic heterocycles. The number of thioether (sulfide) groups is 1. The van der Waals surface area contributed by atoms with E-state index < -0.39 is 17.9 Å². The van der Waals surface area contributed by atoms with Crippen molar-refractivity contribution in [3.63, 3.8) is 0 Å². The Labute approximate surface area is 160 Å². The Balaban J connectivity index is 1.80. The number of carboxylic acids is 1. The van der Waals surface area contributed by atoms with E-state index >= 15 is 0 Å². The topological polar surface area (TPSA) is 95.9 Å². The van der Waals surface area contributed by atoms with Crippen molar-refractivity contribution < 1.29 is 24.2 Å². The van der Waals surface area contributed by atoms with Crippen LogP contribution in [-0.2, 0) is 16.0 Å². The minimum absolute atomic E-state index is 0.190. The number of piperidine rings is 1. The molecule has 0 spiro atoms. The first-order valence-electron chi connectivity index (χ1n) is 8.75. The van der Waals surface area contributed by atoms with Crippen LogP contribution >= 0.6 is 23.1 Å². The smallest absolute Gasteiger partial charge is 0.341 e. The summed E-state index contributed by atoms with van der Waals surface area (Å²) in [6.45, 7) is 2.74. The van der Waals surface area contributed by atoms with Crippen LogP contribution < -0.4 is 5.32 Å². The van der Waals surface area contributed by atoms with Crippen molar-refractivity contribution in [2.45, 2.75) is 36.8 Å². The summed E-state index contributed by atoms with van der Waals surface area (Å²) in [4.78, 5) is 37.8. The molecular formula is C17H22N2O5S2. The predicted octanol–water partition coefficient (Wildman–Crippen LogP) is 3.29. The maximum absolute atomic E-state index is 12.7. The van der Waals surface area contributed by atoms with Gasteiger partial charge in [0.15, 0.2) is 0 Å². The Morgan fingerprint density at radius 3 is 2.88 bits per heavy atom. The highest BCUT2D eigenvalue weighted by Crippen LogP contribution is 2.44. The molecule has 1 unspecified atom stereocenters. The van der Waals surface area contributed by atoms with Gasteiger partial charge in [-0.15, -0.1) is 23.1 Å². The number of aliphatic carboxylic acids is 1. The summed E-state index contributed by atoms with van der Waals surface area (Å²) >= 11 is 3.10. The zero-order valence-electron chi connectivity index (χ0n) is 14.6. The van der Waals surface area contributed by atoms with E-state index in [2.05, 4.69) is 5.32 Å². The van der Waals surface area contributed by atoms with Crippen LogP contribution in [0.25, 0.3) is 0 Å². The van der Waals surface area contributed by atoms with Gasteiger partial charge in [0.05, 0.1) is 22.3 Å². The normalized spacial score (nSPS) is 19.6. The van der Waals surface area contributed by atoms with Crippen molar-refractivity contribution in [2.24, 2.45) is 5.92 Å². The Morgan fingerprint density at radius 2 is 2.15 bits per heavy atom. The number of urea groups is 1. The molecule has 0 saturated carbocycles. The van der Waals surface area contributed by atoms with Crippen molar-refractivity contribution in [3.8, 4) is 0 Å². The minimum atomic E-state index is -0.877. The summed E-state index contributed by atoms with van der Waals surface area (Å²) in [6.07, 6.45) is 3.03. The number of ether oxygens (including phenoxy) is 1. The van der Waals surface area contributed by atoms with Crippen molar-refractivity contribution in [2.75, 3.05) is 30.8 Å². The van der Waals surface area contributed by atoms with Crippen molar-refractivity contribution >= 4 is 46.1 Å². The van der Waals surface area contributed by atoms with E-state index in [-0.39, 0.29) is 19.2 Å². The Bertz CT molecular complexity index is 718. The van der Waals surface area contributed by atoms with Gasteiger partial charge < -0.3 is 14.7 Å². The number of hydrogen-bond donors (Lipinski definition) is 2. The highest BCUT2D eigenvalue weighted by Gasteiger charge is 2.31. The van der Waals surface area contributed by atoms with E-state index in [1.807, 2.05) is 0 Å². The number of anilines is 1. The molecule has 0 radical (unpaired) electrons. The van der Waals surface area contributed by atoms with Crippen molar-refractivity contribution in [1.29, 1.82) is 0 Å². The van der Waals surface area contributed by atoms with Crippen LogP contribution in [-0.4, -0.2) is 53.4 Å². The number of hydrogen-bond acceptors (Lipinski definition) is 6. The van der Waals surface area contributed by atoms with Gasteiger partial charge in [-0.05, 0) is 43.9 Å². The number of likely N-dealkylation sites (tertiary alicyclic amines) is 1. The van der Waals surface area contributed by atoms with Crippen LogP contribution in [0.1, 0.15) is 42.1 Å². The van der Waals surface area contributed by atoms with Crippen LogP contribution in [0, 0.1) is 5.92 Å². The Kier molecular flexibility index (Phi) is 6.08. The molecule has 1 aromatic rings. The standard InChI is InChI=1S/C17H22N2O5S2/c1-2-24-15(22)12-11-6-4-8-25-16(11)26-13(12)18-17(23)19-7-3-5-10(9-19)14(20)21/h10H,2-9H2,1H3,(H,18,23)(H,20,21). The van der Waals surface area contributed by atoms with Crippen LogP contribution in [0.2, 0.25) is 0 Å². The quantitative estimate of drug-likeness (QED) is 0.756. The van der Waals surface area contributed by atoms with Gasteiger partial charge in [-0.2, -0.15) is 0 Å². The second-order valence-electron chi connectivity index (χ2n) is 6.30. The van der Waals surface area contributed by atoms with E-state index in [1.165, 1.54) is 16.2 Å².